The van der Waals surface area contributed by atoms with Gasteiger partial charge in [-0.2, -0.15) is 5.26 Å². The summed E-state index contributed by atoms with van der Waals surface area (Å²) in [6.07, 6.45) is 0.155. The molecule has 18 heavy (non-hydrogen) atoms. The number of β-amino-alcohol motifs (C(OH)–C–C–N with tert-alkyl or cyclic N) is 1. The molecule has 0 aliphatic carbocycles. The van der Waals surface area contributed by atoms with Gasteiger partial charge < -0.3 is 15.3 Å². The van der Waals surface area contributed by atoms with E-state index in [1.807, 2.05) is 6.07 Å². The van der Waals surface area contributed by atoms with Crippen LogP contribution in [-0.2, 0) is 0 Å². The third-order valence-electron chi connectivity index (χ3n) is 2.79. The molecule has 1 aromatic carbocycles. The molecule has 1 saturated heterocycles. The lowest BCUT2D eigenvalue weighted by Crippen LogP contribution is -2.33. The molecule has 1 aromatic rings. The van der Waals surface area contributed by atoms with Crippen molar-refractivity contribution in [1.82, 2.24) is 4.90 Å². The van der Waals surface area contributed by atoms with E-state index in [9.17, 15) is 9.90 Å². The number of nitriles is 1. The second-order valence-electron chi connectivity index (χ2n) is 4.13. The zero-order valence-electron chi connectivity index (χ0n) is 9.56. The highest BCUT2D eigenvalue weighted by atomic mass is 35.5. The predicted molar refractivity (Wildman–Crippen MR) is 67.4 cm³/mol. The average molecular weight is 266 g/mol. The number of hydrogen-bond donors (Lipinski definition) is 2. The van der Waals surface area contributed by atoms with E-state index in [0.717, 1.165) is 0 Å². The van der Waals surface area contributed by atoms with Crippen LogP contribution >= 0.6 is 11.6 Å². The van der Waals surface area contributed by atoms with Crippen molar-refractivity contribution in [1.29, 1.82) is 5.26 Å². The summed E-state index contributed by atoms with van der Waals surface area (Å²) in [5.74, 6) is 0. The number of benzene rings is 1. The summed E-state index contributed by atoms with van der Waals surface area (Å²) in [4.78, 5) is 13.4. The SMILES string of the molecule is N#Cc1ccc(NC(=O)N2CC[C@@H](O)C2)cc1Cl. The van der Waals surface area contributed by atoms with E-state index in [2.05, 4.69) is 5.32 Å². The minimum Gasteiger partial charge on any atom is -0.391 e. The second kappa shape index (κ2) is 5.25. The molecule has 0 unspecified atom stereocenters. The molecule has 6 heteroatoms. The van der Waals surface area contributed by atoms with Crippen LogP contribution < -0.4 is 5.32 Å². The van der Waals surface area contributed by atoms with Crippen molar-refractivity contribution in [2.75, 3.05) is 18.4 Å². The van der Waals surface area contributed by atoms with E-state index in [0.29, 0.717) is 35.8 Å². The first kappa shape index (κ1) is 12.7. The molecule has 0 bridgehead atoms. The fourth-order valence-electron chi connectivity index (χ4n) is 1.81. The first-order valence-electron chi connectivity index (χ1n) is 5.54. The number of anilines is 1. The van der Waals surface area contributed by atoms with Gasteiger partial charge in [-0.25, -0.2) is 4.79 Å². The largest absolute Gasteiger partial charge is 0.391 e. The zero-order valence-corrected chi connectivity index (χ0v) is 10.3. The number of carbonyl (C=O) groups is 1. The smallest absolute Gasteiger partial charge is 0.321 e. The molecule has 1 aliphatic heterocycles. The Kier molecular flexibility index (Phi) is 3.70. The maximum Gasteiger partial charge on any atom is 0.321 e. The lowest BCUT2D eigenvalue weighted by molar-refractivity contribution is 0.176. The molecule has 0 saturated carbocycles. The van der Waals surface area contributed by atoms with E-state index in [1.54, 1.807) is 12.1 Å². The van der Waals surface area contributed by atoms with Crippen LogP contribution in [0.1, 0.15) is 12.0 Å². The molecular formula is C12H12ClN3O2. The number of nitrogens with one attached hydrogen (secondary N) is 1. The molecule has 94 valence electrons. The first-order valence-corrected chi connectivity index (χ1v) is 5.91. The predicted octanol–water partition coefficient (Wildman–Crippen LogP) is 1.81. The molecule has 2 amide bonds. The fraction of sp³-hybridized carbons (Fsp3) is 0.333. The van der Waals surface area contributed by atoms with Gasteiger partial charge in [0, 0.05) is 18.8 Å². The highest BCUT2D eigenvalue weighted by molar-refractivity contribution is 6.32. The van der Waals surface area contributed by atoms with Crippen LogP contribution in [0.3, 0.4) is 0 Å². The Morgan fingerprint density at radius 2 is 2.39 bits per heavy atom. The monoisotopic (exact) mass is 265 g/mol. The summed E-state index contributed by atoms with van der Waals surface area (Å²) < 4.78 is 0. The average Bonchev–Trinajstić information content (AvgIpc) is 2.76. The molecule has 1 aliphatic rings. The topological polar surface area (TPSA) is 76.4 Å². The van der Waals surface area contributed by atoms with E-state index in [4.69, 9.17) is 16.9 Å². The molecule has 0 aromatic heterocycles. The lowest BCUT2D eigenvalue weighted by atomic mass is 10.2. The van der Waals surface area contributed by atoms with Crippen LogP contribution in [0, 0.1) is 11.3 Å². The van der Waals surface area contributed by atoms with Gasteiger partial charge >= 0.3 is 6.03 Å². The van der Waals surface area contributed by atoms with Crippen molar-refractivity contribution in [3.05, 3.63) is 28.8 Å². The zero-order chi connectivity index (χ0) is 13.1. The third-order valence-corrected chi connectivity index (χ3v) is 3.10. The Balaban J connectivity index is 2.04. The third kappa shape index (κ3) is 2.73. The van der Waals surface area contributed by atoms with Crippen LogP contribution in [0.15, 0.2) is 18.2 Å². The van der Waals surface area contributed by atoms with Crippen molar-refractivity contribution in [3.63, 3.8) is 0 Å². The molecule has 2 N–H and O–H groups in total. The highest BCUT2D eigenvalue weighted by Gasteiger charge is 2.24. The number of hydrogen-bond acceptors (Lipinski definition) is 3. The van der Waals surface area contributed by atoms with Crippen LogP contribution in [0.4, 0.5) is 10.5 Å². The number of aliphatic hydroxyl groups is 1. The van der Waals surface area contributed by atoms with Gasteiger partial charge in [0.05, 0.1) is 16.7 Å². The standard InChI is InChI=1S/C12H12ClN3O2/c13-11-5-9(2-1-8(11)6-14)15-12(18)16-4-3-10(17)7-16/h1-2,5,10,17H,3-4,7H2,(H,15,18)/t10-/m1/s1. The van der Waals surface area contributed by atoms with Crippen molar-refractivity contribution in [2.45, 2.75) is 12.5 Å². The highest BCUT2D eigenvalue weighted by Crippen LogP contribution is 2.21. The summed E-state index contributed by atoms with van der Waals surface area (Å²) >= 11 is 5.87. The quantitative estimate of drug-likeness (QED) is 0.813. The minimum absolute atomic E-state index is 0.271. The van der Waals surface area contributed by atoms with Crippen molar-refractivity contribution in [2.24, 2.45) is 0 Å². The molecule has 0 radical (unpaired) electrons. The van der Waals surface area contributed by atoms with Crippen LogP contribution in [0.5, 0.6) is 0 Å². The summed E-state index contributed by atoms with van der Waals surface area (Å²) in [5, 5.41) is 21.1. The van der Waals surface area contributed by atoms with Gasteiger partial charge in [0.1, 0.15) is 6.07 Å². The number of halogens is 1. The number of urea groups is 1. The minimum atomic E-state index is -0.444. The van der Waals surface area contributed by atoms with Gasteiger partial charge in [-0.15, -0.1) is 0 Å². The Morgan fingerprint density at radius 1 is 1.61 bits per heavy atom. The molecule has 1 heterocycles. The van der Waals surface area contributed by atoms with Crippen LogP contribution in [0.2, 0.25) is 5.02 Å². The lowest BCUT2D eigenvalue weighted by Gasteiger charge is -2.16. The second-order valence-corrected chi connectivity index (χ2v) is 4.53. The summed E-state index contributed by atoms with van der Waals surface area (Å²) in [6, 6.07) is 6.38. The molecule has 2 rings (SSSR count). The van der Waals surface area contributed by atoms with E-state index < -0.39 is 6.10 Å². The van der Waals surface area contributed by atoms with E-state index in [1.165, 1.54) is 11.0 Å². The number of likely N-dealkylation sites (tertiary alicyclic amines) is 1. The summed E-state index contributed by atoms with van der Waals surface area (Å²) in [7, 11) is 0. The Hall–Kier alpha value is -1.77. The van der Waals surface area contributed by atoms with E-state index >= 15 is 0 Å². The molecule has 1 fully saturated rings. The molecule has 5 nitrogen and oxygen atoms in total. The maximum atomic E-state index is 11.8. The number of carbonyl (C=O) groups excluding carboxylic acids is 1. The van der Waals surface area contributed by atoms with Gasteiger partial charge in [-0.05, 0) is 24.6 Å². The maximum absolute atomic E-state index is 11.8. The van der Waals surface area contributed by atoms with Gasteiger partial charge in [0.2, 0.25) is 0 Å². The van der Waals surface area contributed by atoms with Crippen molar-refractivity contribution >= 4 is 23.3 Å². The van der Waals surface area contributed by atoms with Gasteiger partial charge in [0.25, 0.3) is 0 Å². The number of rotatable bonds is 1. The normalized spacial score (nSPS) is 18.5. The van der Waals surface area contributed by atoms with Crippen LogP contribution in [0.25, 0.3) is 0 Å². The van der Waals surface area contributed by atoms with Gasteiger partial charge in [0.15, 0.2) is 0 Å². The Bertz CT molecular complexity index is 513. The molecule has 1 atom stereocenters. The first-order chi connectivity index (χ1) is 8.60. The Morgan fingerprint density at radius 3 is 2.94 bits per heavy atom. The van der Waals surface area contributed by atoms with E-state index in [-0.39, 0.29) is 6.03 Å². The Labute approximate surface area is 110 Å². The number of aliphatic hydroxyl groups excluding tert-OH is 1. The summed E-state index contributed by atoms with van der Waals surface area (Å²) in [5.41, 5.74) is 0.900. The summed E-state index contributed by atoms with van der Waals surface area (Å²) in [6.45, 7) is 0.882. The molecule has 0 spiro atoms. The number of amides is 2. The number of nitrogens with zero attached hydrogens (tertiary/aromatic N) is 2. The van der Waals surface area contributed by atoms with Crippen molar-refractivity contribution in [3.8, 4) is 6.07 Å². The molecular weight excluding hydrogens is 254 g/mol. The van der Waals surface area contributed by atoms with Gasteiger partial charge in [-0.1, -0.05) is 11.6 Å². The van der Waals surface area contributed by atoms with Gasteiger partial charge in [-0.3, -0.25) is 0 Å². The fourth-order valence-corrected chi connectivity index (χ4v) is 2.04. The van der Waals surface area contributed by atoms with Crippen molar-refractivity contribution < 1.29 is 9.90 Å². The van der Waals surface area contributed by atoms with Crippen LogP contribution in [-0.4, -0.2) is 35.2 Å².